The van der Waals surface area contributed by atoms with E-state index < -0.39 is 0 Å². The number of carbonyl (C=O) groups excluding carboxylic acids is 1. The minimum Gasteiger partial charge on any atom is -0.368 e. The zero-order chi connectivity index (χ0) is 20.9. The summed E-state index contributed by atoms with van der Waals surface area (Å²) in [7, 11) is 3.95. The van der Waals surface area contributed by atoms with Gasteiger partial charge in [-0.1, -0.05) is 18.2 Å². The van der Waals surface area contributed by atoms with Crippen molar-refractivity contribution in [3.63, 3.8) is 0 Å². The van der Waals surface area contributed by atoms with E-state index in [0.29, 0.717) is 12.2 Å². The van der Waals surface area contributed by atoms with Crippen LogP contribution in [0.2, 0.25) is 0 Å². The molecule has 1 aromatic carbocycles. The van der Waals surface area contributed by atoms with Crippen molar-refractivity contribution in [2.24, 2.45) is 0 Å². The van der Waals surface area contributed by atoms with Crippen molar-refractivity contribution in [3.05, 3.63) is 42.9 Å². The third kappa shape index (κ3) is 4.51. The lowest BCUT2D eigenvalue weighted by atomic mass is 10.2. The predicted octanol–water partition coefficient (Wildman–Crippen LogP) is 0.831. The van der Waals surface area contributed by atoms with Crippen LogP contribution < -0.4 is 15.1 Å². The van der Waals surface area contributed by atoms with E-state index in [1.165, 1.54) is 5.69 Å². The van der Waals surface area contributed by atoms with Crippen molar-refractivity contribution >= 4 is 28.4 Å². The molecule has 3 aromatic rings. The molecule has 1 aliphatic heterocycles. The highest BCUT2D eigenvalue weighted by Crippen LogP contribution is 2.25. The number of nitrogens with one attached hydrogen (secondary N) is 1. The van der Waals surface area contributed by atoms with Crippen LogP contribution in [0.4, 0.5) is 11.5 Å². The summed E-state index contributed by atoms with van der Waals surface area (Å²) in [6.07, 6.45) is 3.32. The molecule has 9 nitrogen and oxygen atoms in total. The van der Waals surface area contributed by atoms with Crippen LogP contribution in [-0.2, 0) is 11.3 Å². The van der Waals surface area contributed by atoms with Crippen LogP contribution >= 0.6 is 0 Å². The minimum atomic E-state index is -0.0708. The Labute approximate surface area is 176 Å². The first-order chi connectivity index (χ1) is 14.6. The number of hydrogen-bond donors (Lipinski definition) is 1. The Hall–Kier alpha value is -3.20. The molecule has 0 unspecified atom stereocenters. The van der Waals surface area contributed by atoms with Crippen LogP contribution in [0.3, 0.4) is 0 Å². The molecule has 158 valence electrons. The molecule has 2 aromatic heterocycles. The summed E-state index contributed by atoms with van der Waals surface area (Å²) in [6, 6.07) is 10.5. The lowest BCUT2D eigenvalue weighted by Gasteiger charge is -2.36. The van der Waals surface area contributed by atoms with Crippen LogP contribution in [0.25, 0.3) is 11.0 Å². The van der Waals surface area contributed by atoms with Crippen molar-refractivity contribution in [1.29, 1.82) is 0 Å². The van der Waals surface area contributed by atoms with Crippen LogP contribution in [0.15, 0.2) is 42.9 Å². The second-order valence-electron chi connectivity index (χ2n) is 7.70. The number of fused-ring (bicyclic) bond motifs is 1. The number of likely N-dealkylation sites (N-methyl/N-ethyl adjacent to an activating group) is 1. The Morgan fingerprint density at radius 2 is 1.80 bits per heavy atom. The maximum absolute atomic E-state index is 12.2. The average Bonchev–Trinajstić information content (AvgIpc) is 3.17. The molecule has 0 aliphatic carbocycles. The smallest absolute Gasteiger partial charge is 0.241 e. The van der Waals surface area contributed by atoms with Gasteiger partial charge in [0.05, 0.1) is 11.6 Å². The highest BCUT2D eigenvalue weighted by atomic mass is 16.2. The van der Waals surface area contributed by atoms with Crippen LogP contribution in [0, 0.1) is 0 Å². The average molecular weight is 409 g/mol. The maximum Gasteiger partial charge on any atom is 0.241 e. The van der Waals surface area contributed by atoms with E-state index in [2.05, 4.69) is 54.4 Å². The van der Waals surface area contributed by atoms with Gasteiger partial charge in [0, 0.05) is 45.0 Å². The number of benzene rings is 1. The number of para-hydroxylation sites is 1. The van der Waals surface area contributed by atoms with E-state index in [4.69, 9.17) is 0 Å². The van der Waals surface area contributed by atoms with Crippen molar-refractivity contribution in [2.45, 2.75) is 6.54 Å². The molecule has 0 atom stereocenters. The summed E-state index contributed by atoms with van der Waals surface area (Å²) in [5.74, 6) is 0.811. The lowest BCUT2D eigenvalue weighted by Crippen LogP contribution is -2.46. The number of piperazine rings is 1. The first kappa shape index (κ1) is 20.1. The van der Waals surface area contributed by atoms with Gasteiger partial charge in [0.1, 0.15) is 18.7 Å². The minimum absolute atomic E-state index is 0.0708. The van der Waals surface area contributed by atoms with Gasteiger partial charge >= 0.3 is 0 Å². The molecule has 30 heavy (non-hydrogen) atoms. The Bertz CT molecular complexity index is 979. The summed E-state index contributed by atoms with van der Waals surface area (Å²) >= 11 is 0. The highest BCUT2D eigenvalue weighted by Gasteiger charge is 2.21. The zero-order valence-corrected chi connectivity index (χ0v) is 17.5. The second-order valence-corrected chi connectivity index (χ2v) is 7.70. The number of anilines is 2. The third-order valence-corrected chi connectivity index (χ3v) is 5.29. The van der Waals surface area contributed by atoms with Gasteiger partial charge in [-0.3, -0.25) is 4.79 Å². The van der Waals surface area contributed by atoms with Crippen molar-refractivity contribution in [3.8, 4) is 0 Å². The Balaban J connectivity index is 1.43. The molecule has 1 fully saturated rings. The Morgan fingerprint density at radius 3 is 2.53 bits per heavy atom. The van der Waals surface area contributed by atoms with E-state index >= 15 is 0 Å². The fourth-order valence-corrected chi connectivity index (χ4v) is 3.67. The summed E-state index contributed by atoms with van der Waals surface area (Å²) in [5.41, 5.74) is 1.94. The number of hydrogen-bond acceptors (Lipinski definition) is 7. The predicted molar refractivity (Wildman–Crippen MR) is 118 cm³/mol. The van der Waals surface area contributed by atoms with Crippen LogP contribution in [0.1, 0.15) is 0 Å². The molecule has 3 heterocycles. The molecular weight excluding hydrogens is 380 g/mol. The molecule has 1 N–H and O–H groups in total. The van der Waals surface area contributed by atoms with Gasteiger partial charge in [-0.05, 0) is 26.2 Å². The molecule has 0 spiro atoms. The first-order valence-corrected chi connectivity index (χ1v) is 10.2. The van der Waals surface area contributed by atoms with Crippen molar-refractivity contribution < 1.29 is 4.79 Å². The molecule has 1 aliphatic rings. The standard InChI is InChI=1S/C21H28N8O/c1-26(2)9-8-22-19(30)15-29-21-18(14-25-29)20(23-16-24-21)28-12-10-27(11-13-28)17-6-4-3-5-7-17/h3-7,14,16H,8-13,15H2,1-2H3,(H,22,30). The number of nitrogens with zero attached hydrogens (tertiary/aromatic N) is 7. The molecule has 0 saturated carbocycles. The monoisotopic (exact) mass is 408 g/mol. The summed E-state index contributed by atoms with van der Waals surface area (Å²) in [5, 5.41) is 8.20. The molecule has 9 heteroatoms. The highest BCUT2D eigenvalue weighted by molar-refractivity contribution is 5.88. The van der Waals surface area contributed by atoms with E-state index in [-0.39, 0.29) is 12.5 Å². The molecule has 0 bridgehead atoms. The van der Waals surface area contributed by atoms with Gasteiger partial charge in [0.2, 0.25) is 5.91 Å². The third-order valence-electron chi connectivity index (χ3n) is 5.29. The Kier molecular flexibility index (Phi) is 6.08. The summed E-state index contributed by atoms with van der Waals surface area (Å²) in [4.78, 5) is 27.8. The largest absolute Gasteiger partial charge is 0.368 e. The second kappa shape index (κ2) is 9.08. The van der Waals surface area contributed by atoms with Gasteiger partial charge in [-0.2, -0.15) is 5.10 Å². The molecule has 1 saturated heterocycles. The fourth-order valence-electron chi connectivity index (χ4n) is 3.67. The SMILES string of the molecule is CN(C)CCNC(=O)Cn1ncc2c(N3CCN(c4ccccc4)CC3)ncnc21. The van der Waals surface area contributed by atoms with Gasteiger partial charge in [0.25, 0.3) is 0 Å². The fraction of sp³-hybridized carbons (Fsp3) is 0.429. The molecule has 4 rings (SSSR count). The van der Waals surface area contributed by atoms with Crippen LogP contribution in [0.5, 0.6) is 0 Å². The first-order valence-electron chi connectivity index (χ1n) is 10.2. The van der Waals surface area contributed by atoms with Gasteiger partial charge in [-0.25, -0.2) is 14.6 Å². The number of carbonyl (C=O) groups is 1. The summed E-state index contributed by atoms with van der Waals surface area (Å²) < 4.78 is 1.64. The maximum atomic E-state index is 12.2. The van der Waals surface area contributed by atoms with Gasteiger partial charge in [-0.15, -0.1) is 0 Å². The number of rotatable bonds is 7. The van der Waals surface area contributed by atoms with Gasteiger partial charge in [0.15, 0.2) is 5.65 Å². The Morgan fingerprint density at radius 1 is 1.07 bits per heavy atom. The molecule has 1 amide bonds. The van der Waals surface area contributed by atoms with E-state index in [0.717, 1.165) is 43.9 Å². The number of aromatic nitrogens is 4. The van der Waals surface area contributed by atoms with E-state index in [9.17, 15) is 4.79 Å². The van der Waals surface area contributed by atoms with Crippen molar-refractivity contribution in [2.75, 3.05) is 63.2 Å². The van der Waals surface area contributed by atoms with Crippen molar-refractivity contribution in [1.82, 2.24) is 30.0 Å². The molecule has 0 radical (unpaired) electrons. The normalized spacial score (nSPS) is 14.5. The van der Waals surface area contributed by atoms with Gasteiger partial charge < -0.3 is 20.0 Å². The van der Waals surface area contributed by atoms with E-state index in [1.54, 1.807) is 17.2 Å². The topological polar surface area (TPSA) is 82.4 Å². The lowest BCUT2D eigenvalue weighted by molar-refractivity contribution is -0.121. The zero-order valence-electron chi connectivity index (χ0n) is 17.5. The quantitative estimate of drug-likeness (QED) is 0.620. The van der Waals surface area contributed by atoms with E-state index in [1.807, 2.05) is 25.1 Å². The summed E-state index contributed by atoms with van der Waals surface area (Å²) in [6.45, 7) is 5.16. The number of amides is 1. The molecular formula is C21H28N8O. The van der Waals surface area contributed by atoms with Crippen LogP contribution in [-0.4, -0.2) is 83.9 Å².